The number of aromatic nitrogens is 1. The lowest BCUT2D eigenvalue weighted by Gasteiger charge is -2.15. The highest BCUT2D eigenvalue weighted by Crippen LogP contribution is 2.38. The first-order valence-electron chi connectivity index (χ1n) is 8.84. The Kier molecular flexibility index (Phi) is 5.80. The topological polar surface area (TPSA) is 133 Å². The number of nitriles is 2. The van der Waals surface area contributed by atoms with Crippen molar-refractivity contribution in [3.05, 3.63) is 65.2 Å². The van der Waals surface area contributed by atoms with Crippen molar-refractivity contribution < 1.29 is 21.6 Å². The molecule has 0 atom stereocenters. The average molecular weight is 457 g/mol. The summed E-state index contributed by atoms with van der Waals surface area (Å²) in [4.78, 5) is 4.14. The monoisotopic (exact) mass is 457 g/mol. The van der Waals surface area contributed by atoms with Gasteiger partial charge < -0.3 is 5.73 Å². The zero-order valence-corrected chi connectivity index (χ0v) is 17.2. The summed E-state index contributed by atoms with van der Waals surface area (Å²) in [6.07, 6.45) is -3.58. The van der Waals surface area contributed by atoms with Crippen LogP contribution in [0.15, 0.2) is 48.5 Å². The Labute approximate surface area is 181 Å². The van der Waals surface area contributed by atoms with E-state index in [2.05, 4.69) is 9.71 Å². The van der Waals surface area contributed by atoms with Crippen molar-refractivity contribution in [1.82, 2.24) is 4.98 Å². The van der Waals surface area contributed by atoms with Crippen molar-refractivity contribution in [2.45, 2.75) is 6.18 Å². The van der Waals surface area contributed by atoms with Crippen LogP contribution in [0.2, 0.25) is 0 Å². The predicted octanol–water partition coefficient (Wildman–Crippen LogP) is 4.13. The van der Waals surface area contributed by atoms with Gasteiger partial charge in [-0.05, 0) is 29.8 Å². The zero-order valence-electron chi connectivity index (χ0n) is 16.4. The van der Waals surface area contributed by atoms with Gasteiger partial charge in [0.15, 0.2) is 0 Å². The third-order valence-corrected chi connectivity index (χ3v) is 5.00. The molecule has 1 aromatic heterocycles. The van der Waals surface area contributed by atoms with Crippen LogP contribution in [0.5, 0.6) is 0 Å². The minimum Gasteiger partial charge on any atom is -0.383 e. The fourth-order valence-corrected chi connectivity index (χ4v) is 3.65. The summed E-state index contributed by atoms with van der Waals surface area (Å²) < 4.78 is 64.2. The second kappa shape index (κ2) is 8.21. The van der Waals surface area contributed by atoms with E-state index in [0.717, 1.165) is 30.5 Å². The number of anilines is 2. The van der Waals surface area contributed by atoms with Crippen LogP contribution in [0.3, 0.4) is 0 Å². The van der Waals surface area contributed by atoms with Crippen LogP contribution < -0.4 is 10.5 Å². The van der Waals surface area contributed by atoms with E-state index in [1.54, 1.807) is 6.07 Å². The summed E-state index contributed by atoms with van der Waals surface area (Å²) in [5.41, 5.74) is 5.58. The Morgan fingerprint density at radius 3 is 2.16 bits per heavy atom. The molecule has 0 aliphatic carbocycles. The normalized spacial score (nSPS) is 11.4. The molecule has 3 rings (SSSR count). The number of halogens is 3. The van der Waals surface area contributed by atoms with Crippen LogP contribution in [-0.2, 0) is 16.2 Å². The Morgan fingerprint density at radius 1 is 1.00 bits per heavy atom. The van der Waals surface area contributed by atoms with E-state index in [9.17, 15) is 32.1 Å². The van der Waals surface area contributed by atoms with Crippen LogP contribution in [0.1, 0.15) is 16.7 Å². The van der Waals surface area contributed by atoms with Gasteiger partial charge in [0.1, 0.15) is 23.5 Å². The lowest BCUT2D eigenvalue weighted by molar-refractivity contribution is -0.137. The molecule has 0 aliphatic heterocycles. The first kappa shape index (κ1) is 22.6. The molecule has 0 amide bonds. The number of nitrogens with zero attached hydrogens (tertiary/aromatic N) is 3. The second-order valence-corrected chi connectivity index (χ2v) is 8.47. The van der Waals surface area contributed by atoms with Gasteiger partial charge >= 0.3 is 6.18 Å². The maximum Gasteiger partial charge on any atom is 0.416 e. The maximum atomic E-state index is 12.9. The SMILES string of the molecule is CS(=O)(=O)Nc1cccc(-c2nc(N)c(C#N)c(-c3ccc(C(F)(F)F)cc3)c2C#N)c1. The number of hydrogen-bond donors (Lipinski definition) is 2. The van der Waals surface area contributed by atoms with E-state index in [1.165, 1.54) is 18.2 Å². The Hall–Kier alpha value is -4.09. The molecular formula is C21H14F3N5O2S. The van der Waals surface area contributed by atoms with Crippen molar-refractivity contribution >= 4 is 21.5 Å². The molecular weight excluding hydrogens is 443 g/mol. The van der Waals surface area contributed by atoms with Crippen molar-refractivity contribution in [3.8, 4) is 34.5 Å². The fraction of sp³-hybridized carbons (Fsp3) is 0.0952. The van der Waals surface area contributed by atoms with Crippen LogP contribution >= 0.6 is 0 Å². The van der Waals surface area contributed by atoms with E-state index >= 15 is 0 Å². The van der Waals surface area contributed by atoms with E-state index in [1.807, 2.05) is 12.1 Å². The Balaban J connectivity index is 2.26. The number of benzene rings is 2. The third kappa shape index (κ3) is 4.63. The van der Waals surface area contributed by atoms with Gasteiger partial charge in [0, 0.05) is 16.8 Å². The summed E-state index contributed by atoms with van der Waals surface area (Å²) in [5, 5.41) is 19.4. The largest absolute Gasteiger partial charge is 0.416 e. The molecule has 0 unspecified atom stereocenters. The third-order valence-electron chi connectivity index (χ3n) is 4.39. The maximum absolute atomic E-state index is 12.9. The molecule has 0 saturated carbocycles. The highest BCUT2D eigenvalue weighted by molar-refractivity contribution is 7.92. The number of alkyl halides is 3. The first-order valence-corrected chi connectivity index (χ1v) is 10.7. The Morgan fingerprint density at radius 2 is 1.62 bits per heavy atom. The highest BCUT2D eigenvalue weighted by Gasteiger charge is 2.30. The summed E-state index contributed by atoms with van der Waals surface area (Å²) >= 11 is 0. The number of hydrogen-bond acceptors (Lipinski definition) is 6. The molecule has 11 heteroatoms. The fourth-order valence-electron chi connectivity index (χ4n) is 3.09. The molecule has 0 saturated heterocycles. The zero-order chi connectivity index (χ0) is 23.7. The molecule has 1 heterocycles. The molecule has 0 fully saturated rings. The van der Waals surface area contributed by atoms with Gasteiger partial charge in [-0.25, -0.2) is 13.4 Å². The molecule has 3 aromatic rings. The average Bonchev–Trinajstić information content (AvgIpc) is 2.71. The molecule has 2 aromatic carbocycles. The van der Waals surface area contributed by atoms with Gasteiger partial charge in [-0.2, -0.15) is 23.7 Å². The molecule has 162 valence electrons. The van der Waals surface area contributed by atoms with Crippen LogP contribution in [-0.4, -0.2) is 19.7 Å². The van der Waals surface area contributed by atoms with Gasteiger partial charge in [-0.1, -0.05) is 24.3 Å². The lowest BCUT2D eigenvalue weighted by Crippen LogP contribution is -2.09. The van der Waals surface area contributed by atoms with Crippen molar-refractivity contribution in [2.24, 2.45) is 0 Å². The van der Waals surface area contributed by atoms with E-state index in [4.69, 9.17) is 5.73 Å². The lowest BCUT2D eigenvalue weighted by atomic mass is 9.92. The van der Waals surface area contributed by atoms with Crippen molar-refractivity contribution in [2.75, 3.05) is 16.7 Å². The quantitative estimate of drug-likeness (QED) is 0.605. The van der Waals surface area contributed by atoms with Crippen LogP contribution in [0.4, 0.5) is 24.7 Å². The predicted molar refractivity (Wildman–Crippen MR) is 112 cm³/mol. The standard InChI is InChI=1S/C21H14F3N5O2S/c1-32(30,31)29-15-4-2-3-13(9-15)19-16(10-25)18(17(11-26)20(27)28-19)12-5-7-14(8-6-12)21(22,23)24/h2-9,29H,1H3,(H2,27,28). The highest BCUT2D eigenvalue weighted by atomic mass is 32.2. The molecule has 0 aliphatic rings. The van der Waals surface area contributed by atoms with Gasteiger partial charge in [0.05, 0.1) is 23.1 Å². The summed E-state index contributed by atoms with van der Waals surface area (Å²) in [5.74, 6) is -0.224. The number of nitrogen functional groups attached to an aromatic ring is 1. The Bertz CT molecular complexity index is 1390. The molecule has 7 nitrogen and oxygen atoms in total. The number of sulfonamides is 1. The van der Waals surface area contributed by atoms with E-state index in [-0.39, 0.29) is 39.5 Å². The van der Waals surface area contributed by atoms with Crippen LogP contribution in [0, 0.1) is 22.7 Å². The number of nitrogens with two attached hydrogens (primary N) is 1. The number of pyridine rings is 1. The summed E-state index contributed by atoms with van der Waals surface area (Å²) in [6, 6.07) is 13.7. The van der Waals surface area contributed by atoms with E-state index < -0.39 is 21.8 Å². The van der Waals surface area contributed by atoms with Gasteiger partial charge in [0.25, 0.3) is 0 Å². The van der Waals surface area contributed by atoms with E-state index in [0.29, 0.717) is 5.56 Å². The van der Waals surface area contributed by atoms with Gasteiger partial charge in [-0.15, -0.1) is 0 Å². The smallest absolute Gasteiger partial charge is 0.383 e. The molecule has 32 heavy (non-hydrogen) atoms. The summed E-state index contributed by atoms with van der Waals surface area (Å²) in [7, 11) is -3.57. The van der Waals surface area contributed by atoms with Crippen molar-refractivity contribution in [3.63, 3.8) is 0 Å². The molecule has 0 radical (unpaired) electrons. The molecule has 0 bridgehead atoms. The minimum absolute atomic E-state index is 0.0349. The molecule has 0 spiro atoms. The summed E-state index contributed by atoms with van der Waals surface area (Å²) in [6.45, 7) is 0. The minimum atomic E-state index is -4.55. The number of nitrogens with one attached hydrogen (secondary N) is 1. The van der Waals surface area contributed by atoms with Gasteiger partial charge in [0.2, 0.25) is 10.0 Å². The van der Waals surface area contributed by atoms with Crippen molar-refractivity contribution in [1.29, 1.82) is 10.5 Å². The first-order chi connectivity index (χ1) is 14.9. The second-order valence-electron chi connectivity index (χ2n) is 6.72. The molecule has 3 N–H and O–H groups in total. The number of rotatable bonds is 4. The van der Waals surface area contributed by atoms with Gasteiger partial charge in [-0.3, -0.25) is 4.72 Å². The van der Waals surface area contributed by atoms with Crippen LogP contribution in [0.25, 0.3) is 22.4 Å².